The van der Waals surface area contributed by atoms with Crippen molar-refractivity contribution in [2.45, 2.75) is 0 Å². The average Bonchev–Trinajstić information content (AvgIpc) is 1.67. The van der Waals surface area contributed by atoms with Gasteiger partial charge in [-0.15, -0.1) is 0 Å². The van der Waals surface area contributed by atoms with E-state index in [2.05, 4.69) is 5.32 Å². The summed E-state index contributed by atoms with van der Waals surface area (Å²) in [6.45, 7) is 0.518. The van der Waals surface area contributed by atoms with Gasteiger partial charge >= 0.3 is 0 Å². The number of nitrogens with one attached hydrogen (secondary N) is 1. The second-order valence-electron chi connectivity index (χ2n) is 1.20. The van der Waals surface area contributed by atoms with Gasteiger partial charge in [-0.2, -0.15) is 0 Å². The Kier molecular flexibility index (Phi) is 4.77. The maximum atomic E-state index is 5.47. The van der Waals surface area contributed by atoms with Crippen LogP contribution < -0.4 is 5.32 Å². The highest BCUT2D eigenvalue weighted by atomic mass is 35.5. The van der Waals surface area contributed by atoms with Crippen molar-refractivity contribution in [3.63, 3.8) is 0 Å². The molecule has 0 bridgehead atoms. The summed E-state index contributed by atoms with van der Waals surface area (Å²) in [5.74, 6) is 0. The van der Waals surface area contributed by atoms with Crippen molar-refractivity contribution < 1.29 is 0 Å². The molecule has 0 aliphatic heterocycles. The molecule has 0 atom stereocenters. The van der Waals surface area contributed by atoms with E-state index in [4.69, 9.17) is 34.8 Å². The van der Waals surface area contributed by atoms with Gasteiger partial charge in [-0.1, -0.05) is 34.8 Å². The number of hydrogen-bond donors (Lipinski definition) is 1. The molecule has 8 heavy (non-hydrogen) atoms. The van der Waals surface area contributed by atoms with Crippen LogP contribution in [0.1, 0.15) is 0 Å². The summed E-state index contributed by atoms with van der Waals surface area (Å²) in [6.07, 6.45) is 0. The van der Waals surface area contributed by atoms with Crippen LogP contribution in [-0.2, 0) is 0 Å². The van der Waals surface area contributed by atoms with Crippen molar-refractivity contribution in [2.24, 2.45) is 0 Å². The van der Waals surface area contributed by atoms with E-state index >= 15 is 0 Å². The highest BCUT2D eigenvalue weighted by molar-refractivity contribution is 6.59. The molecular weight excluding hydrogens is 168 g/mol. The lowest BCUT2D eigenvalue weighted by Crippen LogP contribution is -2.07. The van der Waals surface area contributed by atoms with Gasteiger partial charge in [-0.25, -0.2) is 0 Å². The van der Waals surface area contributed by atoms with Gasteiger partial charge in [0.05, 0.1) is 5.03 Å². The van der Waals surface area contributed by atoms with Gasteiger partial charge in [0.25, 0.3) is 0 Å². The molecule has 1 N–H and O–H groups in total. The first-order valence-electron chi connectivity index (χ1n) is 2.02. The zero-order chi connectivity index (χ0) is 6.57. The monoisotopic (exact) mass is 173 g/mol. The van der Waals surface area contributed by atoms with Crippen LogP contribution in [0.4, 0.5) is 0 Å². The third-order valence-electron chi connectivity index (χ3n) is 0.537. The Morgan fingerprint density at radius 1 is 1.38 bits per heavy atom. The van der Waals surface area contributed by atoms with Gasteiger partial charge in [-0.3, -0.25) is 0 Å². The number of halogens is 3. The summed E-state index contributed by atoms with van der Waals surface area (Å²) < 4.78 is 0.126. The van der Waals surface area contributed by atoms with E-state index in [0.717, 1.165) is 0 Å². The fourth-order valence-corrected chi connectivity index (χ4v) is 0.489. The molecular formula is C4H6Cl3N. The lowest BCUT2D eigenvalue weighted by Gasteiger charge is -1.93. The van der Waals surface area contributed by atoms with E-state index in [1.807, 2.05) is 0 Å². The largest absolute Gasteiger partial charge is 0.315 e. The Morgan fingerprint density at radius 3 is 2.00 bits per heavy atom. The third kappa shape index (κ3) is 3.56. The molecule has 4 heteroatoms. The fraction of sp³-hybridized carbons (Fsp3) is 0.500. The van der Waals surface area contributed by atoms with Gasteiger partial charge in [0.1, 0.15) is 4.49 Å². The van der Waals surface area contributed by atoms with E-state index in [9.17, 15) is 0 Å². The molecule has 1 nitrogen and oxygen atoms in total. The zero-order valence-electron chi connectivity index (χ0n) is 4.34. The van der Waals surface area contributed by atoms with E-state index in [0.29, 0.717) is 11.6 Å². The molecule has 0 heterocycles. The number of rotatable bonds is 2. The highest BCUT2D eigenvalue weighted by Crippen LogP contribution is 2.15. The van der Waals surface area contributed by atoms with Crippen molar-refractivity contribution >= 4 is 34.8 Å². The molecule has 0 amide bonds. The molecule has 0 aromatic heterocycles. The van der Waals surface area contributed by atoms with Crippen molar-refractivity contribution in [1.29, 1.82) is 0 Å². The normalized spacial score (nSPS) is 9.00. The minimum atomic E-state index is 0.126. The Balaban J connectivity index is 3.62. The summed E-state index contributed by atoms with van der Waals surface area (Å²) in [5, 5.41) is 3.23. The molecule has 0 aromatic rings. The standard InChI is InChI=1S/C4H6Cl3N/c1-8-2-3(5)4(6)7/h8H,2H2,1H3. The summed E-state index contributed by atoms with van der Waals surface area (Å²) in [5.41, 5.74) is 0. The van der Waals surface area contributed by atoms with Gasteiger partial charge in [0.15, 0.2) is 0 Å². The van der Waals surface area contributed by atoms with Crippen molar-refractivity contribution in [3.8, 4) is 0 Å². The summed E-state index contributed by atoms with van der Waals surface area (Å²) >= 11 is 16.0. The molecule has 0 saturated carbocycles. The fourth-order valence-electron chi connectivity index (χ4n) is 0.222. The van der Waals surface area contributed by atoms with Gasteiger partial charge in [0.2, 0.25) is 0 Å². The van der Waals surface area contributed by atoms with Crippen LogP contribution in [0, 0.1) is 0 Å². The van der Waals surface area contributed by atoms with Gasteiger partial charge in [-0.05, 0) is 7.05 Å². The Labute approximate surface area is 63.6 Å². The van der Waals surface area contributed by atoms with Crippen LogP contribution >= 0.6 is 34.8 Å². The van der Waals surface area contributed by atoms with E-state index in [1.165, 1.54) is 0 Å². The minimum absolute atomic E-state index is 0.126. The van der Waals surface area contributed by atoms with E-state index < -0.39 is 0 Å². The zero-order valence-corrected chi connectivity index (χ0v) is 6.61. The summed E-state index contributed by atoms with van der Waals surface area (Å²) in [4.78, 5) is 0. The molecule has 0 saturated heterocycles. The number of likely N-dealkylation sites (N-methyl/N-ethyl adjacent to an activating group) is 1. The molecule has 0 unspecified atom stereocenters. The minimum Gasteiger partial charge on any atom is -0.315 e. The van der Waals surface area contributed by atoms with Crippen LogP contribution in [0.5, 0.6) is 0 Å². The molecule has 0 aromatic carbocycles. The second-order valence-corrected chi connectivity index (χ2v) is 2.60. The van der Waals surface area contributed by atoms with Crippen molar-refractivity contribution in [2.75, 3.05) is 13.6 Å². The topological polar surface area (TPSA) is 12.0 Å². The van der Waals surface area contributed by atoms with Crippen LogP contribution in [0.25, 0.3) is 0 Å². The van der Waals surface area contributed by atoms with Gasteiger partial charge < -0.3 is 5.32 Å². The quantitative estimate of drug-likeness (QED) is 0.676. The third-order valence-corrected chi connectivity index (χ3v) is 1.51. The van der Waals surface area contributed by atoms with Crippen LogP contribution in [-0.4, -0.2) is 13.6 Å². The maximum Gasteiger partial charge on any atom is 0.122 e. The van der Waals surface area contributed by atoms with Crippen LogP contribution in [0.15, 0.2) is 9.52 Å². The maximum absolute atomic E-state index is 5.47. The molecule has 0 radical (unpaired) electrons. The summed E-state index contributed by atoms with van der Waals surface area (Å²) in [7, 11) is 1.76. The van der Waals surface area contributed by atoms with Crippen molar-refractivity contribution in [1.82, 2.24) is 5.32 Å². The second kappa shape index (κ2) is 4.45. The van der Waals surface area contributed by atoms with E-state index in [-0.39, 0.29) is 4.49 Å². The lowest BCUT2D eigenvalue weighted by atomic mass is 10.6. The first-order chi connectivity index (χ1) is 3.68. The Bertz CT molecular complexity index is 95.5. The predicted molar refractivity (Wildman–Crippen MR) is 38.5 cm³/mol. The molecule has 0 rings (SSSR count). The SMILES string of the molecule is CNCC(Cl)=C(Cl)Cl. The molecule has 48 valence electrons. The van der Waals surface area contributed by atoms with Gasteiger partial charge in [0, 0.05) is 6.54 Å². The molecule has 0 spiro atoms. The highest BCUT2D eigenvalue weighted by Gasteiger charge is 1.94. The lowest BCUT2D eigenvalue weighted by molar-refractivity contribution is 0.909. The Morgan fingerprint density at radius 2 is 1.88 bits per heavy atom. The first-order valence-corrected chi connectivity index (χ1v) is 3.16. The predicted octanol–water partition coefficient (Wildman–Crippen LogP) is 2.09. The first kappa shape index (κ1) is 8.57. The smallest absolute Gasteiger partial charge is 0.122 e. The average molecular weight is 174 g/mol. The number of hydrogen-bond acceptors (Lipinski definition) is 1. The Hall–Kier alpha value is 0.570. The van der Waals surface area contributed by atoms with Crippen LogP contribution in [0.2, 0.25) is 0 Å². The molecule has 0 fully saturated rings. The molecule has 0 aliphatic carbocycles. The summed E-state index contributed by atoms with van der Waals surface area (Å²) in [6, 6.07) is 0. The van der Waals surface area contributed by atoms with E-state index in [1.54, 1.807) is 7.05 Å². The van der Waals surface area contributed by atoms with Crippen molar-refractivity contribution in [3.05, 3.63) is 9.52 Å². The molecule has 0 aliphatic rings. The van der Waals surface area contributed by atoms with Crippen LogP contribution in [0.3, 0.4) is 0 Å².